The molecule has 5 heteroatoms. The van der Waals surface area contributed by atoms with Gasteiger partial charge in [0.05, 0.1) is 5.41 Å². The summed E-state index contributed by atoms with van der Waals surface area (Å²) in [5, 5.41) is 0. The molecule has 6 saturated carbocycles. The van der Waals surface area contributed by atoms with E-state index in [1.54, 1.807) is 0 Å². The third-order valence-electron chi connectivity index (χ3n) is 7.84. The van der Waals surface area contributed by atoms with E-state index in [0.29, 0.717) is 35.5 Å². The SMILES string of the molecule is O=C(OCC(F)C(F)F)C12CC3CC4C5CC(CC41)C2C5C3. The van der Waals surface area contributed by atoms with Crippen molar-refractivity contribution in [2.75, 3.05) is 6.61 Å². The van der Waals surface area contributed by atoms with Gasteiger partial charge < -0.3 is 4.74 Å². The number of rotatable bonds is 4. The highest BCUT2D eigenvalue weighted by Gasteiger charge is 2.77. The normalized spacial score (nSPS) is 54.5. The van der Waals surface area contributed by atoms with Crippen LogP contribution in [0.5, 0.6) is 0 Å². The first-order valence-electron chi connectivity index (χ1n) is 8.61. The zero-order chi connectivity index (χ0) is 15.2. The Morgan fingerprint density at radius 2 is 1.86 bits per heavy atom. The predicted octanol–water partition coefficient (Wildman–Crippen LogP) is 3.45. The monoisotopic (exact) mass is 314 g/mol. The Bertz CT molecular complexity index is 516. The first kappa shape index (κ1) is 13.7. The Hall–Kier alpha value is -0.740. The topological polar surface area (TPSA) is 26.3 Å². The molecule has 6 rings (SSSR count). The van der Waals surface area contributed by atoms with Crippen LogP contribution >= 0.6 is 0 Å². The van der Waals surface area contributed by atoms with Crippen LogP contribution in [0.1, 0.15) is 32.1 Å². The molecule has 6 aliphatic carbocycles. The molecule has 0 aromatic rings. The van der Waals surface area contributed by atoms with Crippen LogP contribution in [0.3, 0.4) is 0 Å². The van der Waals surface area contributed by atoms with Gasteiger partial charge >= 0.3 is 5.97 Å². The van der Waals surface area contributed by atoms with Crippen LogP contribution in [0, 0.1) is 46.8 Å². The van der Waals surface area contributed by atoms with E-state index >= 15 is 0 Å². The molecule has 9 atom stereocenters. The van der Waals surface area contributed by atoms with E-state index in [0.717, 1.165) is 18.8 Å². The predicted molar refractivity (Wildman–Crippen MR) is 71.8 cm³/mol. The number of ether oxygens (including phenoxy) is 1. The number of alkyl halides is 3. The highest BCUT2D eigenvalue weighted by atomic mass is 19.3. The summed E-state index contributed by atoms with van der Waals surface area (Å²) in [4.78, 5) is 12.8. The van der Waals surface area contributed by atoms with Crippen molar-refractivity contribution in [3.8, 4) is 0 Å². The molecular formula is C17H21F3O2. The van der Waals surface area contributed by atoms with Crippen LogP contribution in [0.4, 0.5) is 13.2 Å². The van der Waals surface area contributed by atoms with Gasteiger partial charge in [0.15, 0.2) is 6.17 Å². The fourth-order valence-corrected chi connectivity index (χ4v) is 7.65. The van der Waals surface area contributed by atoms with Gasteiger partial charge in [-0.3, -0.25) is 4.79 Å². The van der Waals surface area contributed by atoms with E-state index < -0.39 is 24.6 Å². The summed E-state index contributed by atoms with van der Waals surface area (Å²) in [5.74, 6) is 3.72. The summed E-state index contributed by atoms with van der Waals surface area (Å²) < 4.78 is 42.8. The Morgan fingerprint density at radius 3 is 2.64 bits per heavy atom. The molecular weight excluding hydrogens is 293 g/mol. The van der Waals surface area contributed by atoms with Crippen molar-refractivity contribution < 1.29 is 22.7 Å². The van der Waals surface area contributed by atoms with E-state index in [2.05, 4.69) is 0 Å². The van der Waals surface area contributed by atoms with Gasteiger partial charge in [-0.25, -0.2) is 13.2 Å². The molecule has 7 bridgehead atoms. The van der Waals surface area contributed by atoms with Crippen LogP contribution < -0.4 is 0 Å². The Balaban J connectivity index is 1.43. The lowest BCUT2D eigenvalue weighted by atomic mass is 9.42. The minimum atomic E-state index is -3.08. The molecule has 0 heterocycles. The fourth-order valence-electron chi connectivity index (χ4n) is 7.65. The maximum atomic E-state index is 13.1. The number of halogens is 3. The molecule has 0 aromatic carbocycles. The summed E-state index contributed by atoms with van der Waals surface area (Å²) in [6.45, 7) is -0.786. The molecule has 0 aromatic heterocycles. The number of esters is 1. The minimum absolute atomic E-state index is 0.354. The Labute approximate surface area is 127 Å². The Morgan fingerprint density at radius 1 is 1.09 bits per heavy atom. The lowest BCUT2D eigenvalue weighted by molar-refractivity contribution is -0.195. The number of hydrogen-bond donors (Lipinski definition) is 0. The second-order valence-electron chi connectivity index (χ2n) is 8.39. The number of hydrogen-bond acceptors (Lipinski definition) is 2. The highest BCUT2D eigenvalue weighted by Crippen LogP contribution is 2.79. The molecule has 6 aliphatic rings. The van der Waals surface area contributed by atoms with Crippen LogP contribution in [-0.2, 0) is 9.53 Å². The highest BCUT2D eigenvalue weighted by molar-refractivity contribution is 5.79. The molecule has 122 valence electrons. The zero-order valence-corrected chi connectivity index (χ0v) is 12.4. The number of carbonyl (C=O) groups is 1. The van der Waals surface area contributed by atoms with E-state index in [9.17, 15) is 18.0 Å². The van der Waals surface area contributed by atoms with Crippen LogP contribution in [0.15, 0.2) is 0 Å². The van der Waals surface area contributed by atoms with Crippen LogP contribution in [-0.4, -0.2) is 25.2 Å². The van der Waals surface area contributed by atoms with Gasteiger partial charge in [-0.05, 0) is 73.5 Å². The van der Waals surface area contributed by atoms with Gasteiger partial charge in [0.25, 0.3) is 6.43 Å². The van der Waals surface area contributed by atoms with Crippen molar-refractivity contribution in [3.05, 3.63) is 0 Å². The summed E-state index contributed by atoms with van der Waals surface area (Å²) in [6, 6.07) is 0. The quantitative estimate of drug-likeness (QED) is 0.743. The number of carbonyl (C=O) groups excluding carboxylic acids is 1. The average Bonchev–Trinajstić information content (AvgIpc) is 2.99. The van der Waals surface area contributed by atoms with Gasteiger partial charge in [-0.2, -0.15) is 0 Å². The van der Waals surface area contributed by atoms with Crippen molar-refractivity contribution in [2.45, 2.75) is 44.7 Å². The molecule has 22 heavy (non-hydrogen) atoms. The standard InChI is InChI=1S/C17H21F3O2/c18-13(15(19)20)6-22-16(21)17-5-7-1-10-9-3-8(4-12(10)17)14(17)11(9)2-7/h7-15H,1-6H2. The maximum absolute atomic E-state index is 13.1. The van der Waals surface area contributed by atoms with Crippen molar-refractivity contribution in [3.63, 3.8) is 0 Å². The van der Waals surface area contributed by atoms with Crippen molar-refractivity contribution in [1.82, 2.24) is 0 Å². The van der Waals surface area contributed by atoms with Gasteiger partial charge in [0.1, 0.15) is 6.61 Å². The zero-order valence-electron chi connectivity index (χ0n) is 12.4. The van der Waals surface area contributed by atoms with E-state index in [1.807, 2.05) is 0 Å². The molecule has 2 nitrogen and oxygen atoms in total. The van der Waals surface area contributed by atoms with Crippen LogP contribution in [0.2, 0.25) is 0 Å². The van der Waals surface area contributed by atoms with Gasteiger partial charge in [0, 0.05) is 0 Å². The molecule has 0 spiro atoms. The van der Waals surface area contributed by atoms with Gasteiger partial charge in [0.2, 0.25) is 0 Å². The molecule has 0 N–H and O–H groups in total. The molecule has 0 amide bonds. The summed E-state index contributed by atoms with van der Waals surface area (Å²) >= 11 is 0. The minimum Gasteiger partial charge on any atom is -0.462 e. The lowest BCUT2D eigenvalue weighted by Gasteiger charge is -2.61. The Kier molecular flexibility index (Phi) is 2.62. The van der Waals surface area contributed by atoms with Crippen LogP contribution in [0.25, 0.3) is 0 Å². The smallest absolute Gasteiger partial charge is 0.312 e. The molecule has 0 radical (unpaired) electrons. The summed E-state index contributed by atoms with van der Waals surface area (Å²) in [6.07, 6.45) is 0.274. The molecule has 6 fully saturated rings. The molecule has 9 unspecified atom stereocenters. The molecule has 0 saturated heterocycles. The third-order valence-corrected chi connectivity index (χ3v) is 7.84. The third kappa shape index (κ3) is 1.42. The second kappa shape index (κ2) is 4.21. The van der Waals surface area contributed by atoms with Crippen molar-refractivity contribution in [1.29, 1.82) is 0 Å². The largest absolute Gasteiger partial charge is 0.462 e. The first-order valence-corrected chi connectivity index (χ1v) is 8.61. The average molecular weight is 314 g/mol. The van der Waals surface area contributed by atoms with Gasteiger partial charge in [-0.15, -0.1) is 0 Å². The fraction of sp³-hybridized carbons (Fsp3) is 0.941. The second-order valence-corrected chi connectivity index (χ2v) is 8.39. The van der Waals surface area contributed by atoms with Crippen molar-refractivity contribution in [2.24, 2.45) is 46.8 Å². The lowest BCUT2D eigenvalue weighted by Crippen LogP contribution is -2.60. The van der Waals surface area contributed by atoms with Crippen molar-refractivity contribution >= 4 is 5.97 Å². The maximum Gasteiger partial charge on any atom is 0.312 e. The van der Waals surface area contributed by atoms with E-state index in [1.165, 1.54) is 19.3 Å². The van der Waals surface area contributed by atoms with E-state index in [4.69, 9.17) is 4.74 Å². The summed E-state index contributed by atoms with van der Waals surface area (Å²) in [5.41, 5.74) is -0.448. The van der Waals surface area contributed by atoms with E-state index in [-0.39, 0.29) is 5.97 Å². The van der Waals surface area contributed by atoms with Gasteiger partial charge in [-0.1, -0.05) is 0 Å². The molecule has 0 aliphatic heterocycles. The summed E-state index contributed by atoms with van der Waals surface area (Å²) in [7, 11) is 0. The first-order chi connectivity index (χ1) is 10.5.